The minimum atomic E-state index is -2.95. The first kappa shape index (κ1) is 10.8. The highest BCUT2D eigenvalue weighted by Gasteiger charge is 2.18. The third-order valence-corrected chi connectivity index (χ3v) is 1.66. The fraction of sp³-hybridized carbons (Fsp3) is 0.375. The lowest BCUT2D eigenvalue weighted by Gasteiger charge is -2.08. The van der Waals surface area contributed by atoms with Crippen LogP contribution in [0.4, 0.5) is 13.2 Å². The monoisotopic (exact) mass is 206 g/mol. The lowest BCUT2D eigenvalue weighted by molar-refractivity contribution is 0.140. The van der Waals surface area contributed by atoms with E-state index in [1.165, 1.54) is 7.11 Å². The van der Waals surface area contributed by atoms with Crippen molar-refractivity contribution in [2.75, 3.05) is 7.11 Å². The van der Waals surface area contributed by atoms with Gasteiger partial charge in [0, 0.05) is 12.6 Å². The molecule has 0 fully saturated rings. The van der Waals surface area contributed by atoms with Gasteiger partial charge in [0.05, 0.1) is 12.8 Å². The van der Waals surface area contributed by atoms with Gasteiger partial charge < -0.3 is 10.5 Å². The minimum absolute atomic E-state index is 0.0781. The van der Waals surface area contributed by atoms with E-state index >= 15 is 0 Å². The predicted octanol–water partition coefficient (Wildman–Crippen LogP) is 1.63. The Labute approximate surface area is 78.7 Å². The maximum Gasteiger partial charge on any atom is 0.283 e. The maximum absolute atomic E-state index is 12.9. The lowest BCUT2D eigenvalue weighted by Crippen LogP contribution is -2.07. The molecule has 0 unspecified atom stereocenters. The summed E-state index contributed by atoms with van der Waals surface area (Å²) in [5, 5.41) is 0. The summed E-state index contributed by atoms with van der Waals surface area (Å²) in [7, 11) is 1.29. The fourth-order valence-electron chi connectivity index (χ4n) is 1.00. The average Bonchev–Trinajstić information content (AvgIpc) is 2.16. The summed E-state index contributed by atoms with van der Waals surface area (Å²) in [4.78, 5) is 3.39. The molecule has 14 heavy (non-hydrogen) atoms. The van der Waals surface area contributed by atoms with Crippen molar-refractivity contribution in [3.63, 3.8) is 0 Å². The van der Waals surface area contributed by atoms with Gasteiger partial charge >= 0.3 is 0 Å². The van der Waals surface area contributed by atoms with E-state index in [-0.39, 0.29) is 18.0 Å². The molecule has 0 bridgehead atoms. The van der Waals surface area contributed by atoms with Crippen molar-refractivity contribution >= 4 is 0 Å². The zero-order chi connectivity index (χ0) is 10.7. The molecule has 0 saturated carbocycles. The largest absolute Gasteiger partial charge is 0.495 e. The third kappa shape index (κ3) is 1.95. The molecule has 0 aliphatic carbocycles. The van der Waals surface area contributed by atoms with Crippen molar-refractivity contribution in [1.29, 1.82) is 0 Å². The highest BCUT2D eigenvalue weighted by atomic mass is 19.3. The lowest BCUT2D eigenvalue weighted by atomic mass is 10.2. The van der Waals surface area contributed by atoms with Crippen LogP contribution in [-0.4, -0.2) is 12.1 Å². The van der Waals surface area contributed by atoms with E-state index in [2.05, 4.69) is 4.98 Å². The molecule has 2 N–H and O–H groups in total. The van der Waals surface area contributed by atoms with Crippen LogP contribution in [0.25, 0.3) is 0 Å². The molecule has 0 aromatic carbocycles. The van der Waals surface area contributed by atoms with Crippen LogP contribution in [0.2, 0.25) is 0 Å². The van der Waals surface area contributed by atoms with E-state index < -0.39 is 17.9 Å². The van der Waals surface area contributed by atoms with Crippen LogP contribution in [0.3, 0.4) is 0 Å². The van der Waals surface area contributed by atoms with Gasteiger partial charge in [-0.25, -0.2) is 18.2 Å². The normalized spacial score (nSPS) is 10.7. The van der Waals surface area contributed by atoms with E-state index in [1.54, 1.807) is 0 Å². The molecule has 3 nitrogen and oxygen atoms in total. The van der Waals surface area contributed by atoms with Crippen LogP contribution in [0.1, 0.15) is 17.8 Å². The molecular weight excluding hydrogens is 197 g/mol. The van der Waals surface area contributed by atoms with Crippen LogP contribution in [0.15, 0.2) is 6.07 Å². The zero-order valence-electron chi connectivity index (χ0n) is 7.43. The van der Waals surface area contributed by atoms with Crippen LogP contribution < -0.4 is 10.5 Å². The number of rotatable bonds is 3. The number of alkyl halides is 2. The standard InChI is InChI=1S/C8H9F3N2O/c1-14-6-2-4(9)7(8(10)11)13-5(6)3-12/h2,8H,3,12H2,1H3. The summed E-state index contributed by atoms with van der Waals surface area (Å²) in [6.45, 7) is -0.0802. The Bertz CT molecular complexity index is 331. The van der Waals surface area contributed by atoms with Gasteiger partial charge in [-0.3, -0.25) is 0 Å². The molecule has 6 heteroatoms. The molecule has 0 spiro atoms. The van der Waals surface area contributed by atoms with Gasteiger partial charge in [0.15, 0.2) is 5.82 Å². The molecule has 0 saturated heterocycles. The van der Waals surface area contributed by atoms with Crippen LogP contribution in [0.5, 0.6) is 5.75 Å². The average molecular weight is 206 g/mol. The molecule has 1 rings (SSSR count). The first-order chi connectivity index (χ1) is 6.60. The molecule has 0 aliphatic rings. The van der Waals surface area contributed by atoms with Crippen LogP contribution in [0, 0.1) is 5.82 Å². The minimum Gasteiger partial charge on any atom is -0.495 e. The number of hydrogen-bond acceptors (Lipinski definition) is 3. The van der Waals surface area contributed by atoms with Gasteiger partial charge in [-0.2, -0.15) is 0 Å². The Morgan fingerprint density at radius 1 is 1.57 bits per heavy atom. The van der Waals surface area contributed by atoms with Gasteiger partial charge in [0.1, 0.15) is 11.4 Å². The van der Waals surface area contributed by atoms with Crippen molar-refractivity contribution < 1.29 is 17.9 Å². The van der Waals surface area contributed by atoms with Gasteiger partial charge in [-0.05, 0) is 0 Å². The molecule has 78 valence electrons. The fourth-order valence-corrected chi connectivity index (χ4v) is 1.00. The van der Waals surface area contributed by atoms with Crippen molar-refractivity contribution in [2.24, 2.45) is 5.73 Å². The molecule has 0 aliphatic heterocycles. The van der Waals surface area contributed by atoms with Gasteiger partial charge in [-0.1, -0.05) is 0 Å². The first-order valence-electron chi connectivity index (χ1n) is 3.81. The topological polar surface area (TPSA) is 48.1 Å². The van der Waals surface area contributed by atoms with Crippen molar-refractivity contribution in [1.82, 2.24) is 4.98 Å². The molecule has 1 aromatic heterocycles. The smallest absolute Gasteiger partial charge is 0.283 e. The van der Waals surface area contributed by atoms with E-state index in [0.717, 1.165) is 6.07 Å². The van der Waals surface area contributed by atoms with Gasteiger partial charge in [0.25, 0.3) is 6.43 Å². The summed E-state index contributed by atoms with van der Waals surface area (Å²) >= 11 is 0. The summed E-state index contributed by atoms with van der Waals surface area (Å²) in [6, 6.07) is 0.858. The van der Waals surface area contributed by atoms with Crippen molar-refractivity contribution in [3.8, 4) is 5.75 Å². The van der Waals surface area contributed by atoms with Crippen LogP contribution >= 0.6 is 0 Å². The number of nitrogens with zero attached hydrogens (tertiary/aromatic N) is 1. The Morgan fingerprint density at radius 3 is 2.64 bits per heavy atom. The molecule has 0 atom stereocenters. The molecule has 1 aromatic rings. The number of hydrogen-bond donors (Lipinski definition) is 1. The predicted molar refractivity (Wildman–Crippen MR) is 43.6 cm³/mol. The molecule has 0 amide bonds. The second kappa shape index (κ2) is 4.28. The Hall–Kier alpha value is -1.30. The maximum atomic E-state index is 12.9. The zero-order valence-corrected chi connectivity index (χ0v) is 7.43. The number of pyridine rings is 1. The number of methoxy groups -OCH3 is 1. The Kier molecular flexibility index (Phi) is 3.29. The third-order valence-electron chi connectivity index (χ3n) is 1.66. The first-order valence-corrected chi connectivity index (χ1v) is 3.81. The molecule has 1 heterocycles. The Balaban J connectivity index is 3.23. The summed E-state index contributed by atoms with van der Waals surface area (Å²) in [6.07, 6.45) is -2.95. The van der Waals surface area contributed by atoms with E-state index in [0.29, 0.717) is 0 Å². The second-order valence-corrected chi connectivity index (χ2v) is 2.51. The number of halogens is 3. The van der Waals surface area contributed by atoms with E-state index in [4.69, 9.17) is 10.5 Å². The number of ether oxygens (including phenoxy) is 1. The van der Waals surface area contributed by atoms with E-state index in [1.807, 2.05) is 0 Å². The summed E-state index contributed by atoms with van der Waals surface area (Å²) in [5.74, 6) is -1.01. The summed E-state index contributed by atoms with van der Waals surface area (Å²) in [5.41, 5.74) is 4.45. The van der Waals surface area contributed by atoms with Crippen molar-refractivity contribution in [3.05, 3.63) is 23.3 Å². The van der Waals surface area contributed by atoms with E-state index in [9.17, 15) is 13.2 Å². The van der Waals surface area contributed by atoms with Gasteiger partial charge in [-0.15, -0.1) is 0 Å². The second-order valence-electron chi connectivity index (χ2n) is 2.51. The number of aromatic nitrogens is 1. The highest BCUT2D eigenvalue weighted by molar-refractivity contribution is 5.30. The van der Waals surface area contributed by atoms with Crippen LogP contribution in [-0.2, 0) is 6.54 Å². The quantitative estimate of drug-likeness (QED) is 0.817. The Morgan fingerprint density at radius 2 is 2.21 bits per heavy atom. The molecule has 0 radical (unpaired) electrons. The SMILES string of the molecule is COc1cc(F)c(C(F)F)nc1CN. The highest BCUT2D eigenvalue weighted by Crippen LogP contribution is 2.25. The van der Waals surface area contributed by atoms with Crippen molar-refractivity contribution in [2.45, 2.75) is 13.0 Å². The van der Waals surface area contributed by atoms with Gasteiger partial charge in [0.2, 0.25) is 0 Å². The molecular formula is C8H9F3N2O. The number of nitrogens with two attached hydrogens (primary N) is 1. The summed E-state index contributed by atoms with van der Waals surface area (Å²) < 4.78 is 42.1.